The molecule has 4 rings (SSSR count). The van der Waals surface area contributed by atoms with Crippen molar-refractivity contribution >= 4 is 16.0 Å². The van der Waals surface area contributed by atoms with Crippen molar-refractivity contribution in [2.45, 2.75) is 36.8 Å². The number of rotatable bonds is 7. The van der Waals surface area contributed by atoms with Gasteiger partial charge in [-0.15, -0.1) is 0 Å². The average molecular weight is 590 g/mol. The van der Waals surface area contributed by atoms with E-state index in [4.69, 9.17) is 9.52 Å². The van der Waals surface area contributed by atoms with E-state index < -0.39 is 70.2 Å². The van der Waals surface area contributed by atoms with Crippen molar-refractivity contribution < 1.29 is 44.5 Å². The molecule has 0 spiro atoms. The molecule has 4 atom stereocenters. The van der Waals surface area contributed by atoms with Crippen LogP contribution < -0.4 is 4.72 Å². The Morgan fingerprint density at radius 1 is 1.02 bits per heavy atom. The molecular weight excluding hydrogens is 567 g/mol. The van der Waals surface area contributed by atoms with Gasteiger partial charge in [-0.1, -0.05) is 48.5 Å². The van der Waals surface area contributed by atoms with Crippen LogP contribution in [0.5, 0.6) is 0 Å². The van der Waals surface area contributed by atoms with Crippen molar-refractivity contribution in [3.8, 4) is 11.1 Å². The minimum absolute atomic E-state index is 0.174. The fraction of sp³-hybridized carbons (Fsp3) is 0.269. The second-order valence-corrected chi connectivity index (χ2v) is 10.9. The van der Waals surface area contributed by atoms with Gasteiger partial charge in [0.25, 0.3) is 0 Å². The van der Waals surface area contributed by atoms with Crippen molar-refractivity contribution in [2.24, 2.45) is 0 Å². The van der Waals surface area contributed by atoms with Gasteiger partial charge in [-0.25, -0.2) is 36.1 Å². The number of ether oxygens (including phenoxy) is 1. The highest BCUT2D eigenvalue weighted by Crippen LogP contribution is 2.32. The van der Waals surface area contributed by atoms with E-state index in [0.717, 1.165) is 17.0 Å². The fourth-order valence-corrected chi connectivity index (χ4v) is 5.25. The molecule has 1 fully saturated rings. The first kappa shape index (κ1) is 29.3. The minimum Gasteiger partial charge on any atom is -0.445 e. The second-order valence-electron chi connectivity index (χ2n) is 9.06. The van der Waals surface area contributed by atoms with Crippen molar-refractivity contribution in [1.82, 2.24) is 9.62 Å². The van der Waals surface area contributed by atoms with E-state index in [2.05, 4.69) is 0 Å². The standard InChI is InChI=1S/C26H22F7N3O3S/c27-18-9-17(10-19(28)12-18)20-8-4-7-16(23(20)30)11-22-24(35-40(34,38)26(31,32)33)21(29)13-36(22)25(37)39-14-15-5-2-1-3-6-15/h1-10,12,21-22,24H,11,13-14H2,(H2,34,35,38)/t21-,22-,24-,40?/m0/s1. The molecule has 0 saturated carbocycles. The van der Waals surface area contributed by atoms with Gasteiger partial charge in [0.15, 0.2) is 0 Å². The van der Waals surface area contributed by atoms with Crippen LogP contribution in [0.2, 0.25) is 0 Å². The number of nitrogens with zero attached hydrogens (tertiary/aromatic N) is 1. The number of carbonyl (C=O) groups is 1. The van der Waals surface area contributed by atoms with Gasteiger partial charge in [0.2, 0.25) is 9.92 Å². The van der Waals surface area contributed by atoms with Gasteiger partial charge in [0, 0.05) is 11.6 Å². The molecule has 1 aliphatic heterocycles. The van der Waals surface area contributed by atoms with Gasteiger partial charge in [-0.3, -0.25) is 0 Å². The highest BCUT2D eigenvalue weighted by atomic mass is 32.2. The molecule has 214 valence electrons. The first-order valence-corrected chi connectivity index (χ1v) is 13.3. The van der Waals surface area contributed by atoms with Crippen LogP contribution in [-0.2, 0) is 27.7 Å². The van der Waals surface area contributed by atoms with E-state index in [0.29, 0.717) is 11.6 Å². The number of benzene rings is 3. The Morgan fingerprint density at radius 2 is 1.68 bits per heavy atom. The number of amides is 1. The molecule has 1 saturated heterocycles. The van der Waals surface area contributed by atoms with Crippen LogP contribution in [0.4, 0.5) is 35.5 Å². The summed E-state index contributed by atoms with van der Waals surface area (Å²) in [6.07, 6.45) is -3.97. The summed E-state index contributed by atoms with van der Waals surface area (Å²) >= 11 is 0. The third kappa shape index (κ3) is 6.39. The maximum absolute atomic E-state index is 15.6. The SMILES string of the molecule is N=S(=O)(N[C@H]1[C@@H](F)CN(C(=O)OCc2ccccc2)[C@H]1Cc1cccc(-c2cc(F)cc(F)c2)c1F)C(F)(F)F. The summed E-state index contributed by atoms with van der Waals surface area (Å²) in [7, 11) is -5.56. The maximum atomic E-state index is 15.6. The van der Waals surface area contributed by atoms with E-state index in [9.17, 15) is 31.0 Å². The minimum atomic E-state index is -5.56. The molecule has 0 aromatic heterocycles. The first-order valence-electron chi connectivity index (χ1n) is 11.7. The van der Waals surface area contributed by atoms with Gasteiger partial charge in [0.05, 0.1) is 18.6 Å². The zero-order valence-corrected chi connectivity index (χ0v) is 21.2. The Hall–Kier alpha value is -3.65. The zero-order chi connectivity index (χ0) is 29.2. The van der Waals surface area contributed by atoms with Gasteiger partial charge < -0.3 is 9.64 Å². The van der Waals surface area contributed by atoms with Crippen molar-refractivity contribution in [3.05, 3.63) is 95.3 Å². The summed E-state index contributed by atoms with van der Waals surface area (Å²) < 4.78 is 124. The molecular formula is C26H22F7N3O3S. The van der Waals surface area contributed by atoms with Crippen LogP contribution in [-0.4, -0.2) is 45.5 Å². The van der Waals surface area contributed by atoms with Crippen molar-refractivity contribution in [1.29, 1.82) is 4.78 Å². The van der Waals surface area contributed by atoms with Gasteiger partial charge in [-0.05, 0) is 35.2 Å². The third-order valence-electron chi connectivity index (χ3n) is 6.32. The molecule has 0 aliphatic carbocycles. The normalized spacial score (nSPS) is 20.8. The molecule has 1 heterocycles. The summed E-state index contributed by atoms with van der Waals surface area (Å²) in [5.41, 5.74) is -5.67. The quantitative estimate of drug-likeness (QED) is 0.326. The first-order chi connectivity index (χ1) is 18.8. The topological polar surface area (TPSA) is 82.5 Å². The van der Waals surface area contributed by atoms with Crippen LogP contribution >= 0.6 is 0 Å². The number of likely N-dealkylation sites (tertiary alicyclic amines) is 1. The van der Waals surface area contributed by atoms with Crippen LogP contribution in [0.3, 0.4) is 0 Å². The number of hydrogen-bond acceptors (Lipinski definition) is 4. The zero-order valence-electron chi connectivity index (χ0n) is 20.4. The monoisotopic (exact) mass is 589 g/mol. The lowest BCUT2D eigenvalue weighted by Gasteiger charge is -2.29. The predicted octanol–water partition coefficient (Wildman–Crippen LogP) is 6.11. The second kappa shape index (κ2) is 11.5. The number of nitrogens with one attached hydrogen (secondary N) is 2. The Labute approximate surface area is 224 Å². The average Bonchev–Trinajstić information content (AvgIpc) is 3.17. The molecule has 0 bridgehead atoms. The van der Waals surface area contributed by atoms with E-state index in [1.165, 1.54) is 22.9 Å². The fourth-order valence-electron chi connectivity index (χ4n) is 4.43. The Balaban J connectivity index is 1.68. The summed E-state index contributed by atoms with van der Waals surface area (Å²) in [6, 6.07) is 10.8. The molecule has 40 heavy (non-hydrogen) atoms. The van der Waals surface area contributed by atoms with Crippen molar-refractivity contribution in [2.75, 3.05) is 6.54 Å². The van der Waals surface area contributed by atoms with E-state index in [1.54, 1.807) is 30.3 Å². The van der Waals surface area contributed by atoms with E-state index >= 15 is 8.78 Å². The van der Waals surface area contributed by atoms with Gasteiger partial charge in [0.1, 0.15) is 30.2 Å². The molecule has 0 radical (unpaired) electrons. The summed E-state index contributed by atoms with van der Waals surface area (Å²) in [6.45, 7) is -1.05. The molecule has 3 aromatic carbocycles. The summed E-state index contributed by atoms with van der Waals surface area (Å²) in [4.78, 5) is 13.7. The Morgan fingerprint density at radius 3 is 2.30 bits per heavy atom. The van der Waals surface area contributed by atoms with Crippen LogP contribution in [0, 0.1) is 22.2 Å². The number of alkyl halides is 4. The molecule has 2 N–H and O–H groups in total. The van der Waals surface area contributed by atoms with E-state index in [1.807, 2.05) is 0 Å². The molecule has 6 nitrogen and oxygen atoms in total. The predicted molar refractivity (Wildman–Crippen MR) is 131 cm³/mol. The number of halogens is 7. The summed E-state index contributed by atoms with van der Waals surface area (Å²) in [5.74, 6) is -2.98. The highest BCUT2D eigenvalue weighted by Gasteiger charge is 2.51. The molecule has 1 aliphatic rings. The molecule has 14 heteroatoms. The van der Waals surface area contributed by atoms with Crippen LogP contribution in [0.1, 0.15) is 11.1 Å². The Kier molecular flexibility index (Phi) is 8.40. The lowest BCUT2D eigenvalue weighted by atomic mass is 9.95. The maximum Gasteiger partial charge on any atom is 0.492 e. The van der Waals surface area contributed by atoms with E-state index in [-0.39, 0.29) is 23.3 Å². The largest absolute Gasteiger partial charge is 0.492 e. The lowest BCUT2D eigenvalue weighted by Crippen LogP contribution is -2.52. The third-order valence-corrected chi connectivity index (χ3v) is 7.58. The van der Waals surface area contributed by atoms with Gasteiger partial charge in [-0.2, -0.15) is 13.2 Å². The number of hydrogen-bond donors (Lipinski definition) is 2. The molecule has 1 amide bonds. The lowest BCUT2D eigenvalue weighted by molar-refractivity contribution is -0.0422. The number of carbonyl (C=O) groups excluding carboxylic acids is 1. The van der Waals surface area contributed by atoms with Gasteiger partial charge >= 0.3 is 11.6 Å². The molecule has 3 aromatic rings. The smallest absolute Gasteiger partial charge is 0.445 e. The summed E-state index contributed by atoms with van der Waals surface area (Å²) in [5, 5.41) is 0. The van der Waals surface area contributed by atoms with Crippen LogP contribution in [0.25, 0.3) is 11.1 Å². The van der Waals surface area contributed by atoms with Crippen LogP contribution in [0.15, 0.2) is 66.7 Å². The molecule has 1 unspecified atom stereocenters. The highest BCUT2D eigenvalue weighted by molar-refractivity contribution is 7.91. The van der Waals surface area contributed by atoms with Crippen molar-refractivity contribution in [3.63, 3.8) is 0 Å². The Bertz CT molecular complexity index is 1470.